The molecule has 2 aromatic rings. The number of aromatic nitrogens is 1. The summed E-state index contributed by atoms with van der Waals surface area (Å²) in [5, 5.41) is 2.73. The van der Waals surface area contributed by atoms with E-state index in [1.165, 1.54) is 0 Å². The molecule has 1 unspecified atom stereocenters. The molecule has 24 heavy (non-hydrogen) atoms. The number of amides is 1. The number of fused-ring (bicyclic) bond motifs is 1. The summed E-state index contributed by atoms with van der Waals surface area (Å²) in [4.78, 5) is 15.7. The van der Waals surface area contributed by atoms with Crippen LogP contribution in [0, 0.1) is 0 Å². The first-order valence-electron chi connectivity index (χ1n) is 7.90. The lowest BCUT2D eigenvalue weighted by atomic mass is 10.1. The highest BCUT2D eigenvalue weighted by Crippen LogP contribution is 2.37. The number of hydrogen-bond acceptors (Lipinski definition) is 4. The van der Waals surface area contributed by atoms with E-state index in [0.29, 0.717) is 12.2 Å². The Morgan fingerprint density at radius 2 is 1.96 bits per heavy atom. The Bertz CT molecular complexity index is 897. The molecule has 2 aliphatic heterocycles. The summed E-state index contributed by atoms with van der Waals surface area (Å²) in [7, 11) is -3.60. The van der Waals surface area contributed by atoms with Gasteiger partial charge in [-0.3, -0.25) is 9.78 Å². The van der Waals surface area contributed by atoms with Gasteiger partial charge in [-0.25, -0.2) is 8.42 Å². The smallest absolute Gasteiger partial charge is 0.243 e. The third-order valence-electron chi connectivity index (χ3n) is 4.60. The van der Waals surface area contributed by atoms with Crippen molar-refractivity contribution in [2.45, 2.75) is 30.2 Å². The minimum absolute atomic E-state index is 0.101. The summed E-state index contributed by atoms with van der Waals surface area (Å²) < 4.78 is 27.8. The fraction of sp³-hybridized carbons (Fsp3) is 0.294. The minimum atomic E-state index is -3.60. The van der Waals surface area contributed by atoms with Crippen molar-refractivity contribution in [3.63, 3.8) is 0 Å². The highest BCUT2D eigenvalue weighted by atomic mass is 32.2. The number of anilines is 1. The van der Waals surface area contributed by atoms with Crippen molar-refractivity contribution >= 4 is 21.6 Å². The zero-order chi connectivity index (χ0) is 16.7. The van der Waals surface area contributed by atoms with Gasteiger partial charge < -0.3 is 5.32 Å². The van der Waals surface area contributed by atoms with Gasteiger partial charge in [-0.2, -0.15) is 4.31 Å². The van der Waals surface area contributed by atoms with Gasteiger partial charge in [0, 0.05) is 24.6 Å². The molecule has 0 radical (unpaired) electrons. The van der Waals surface area contributed by atoms with E-state index in [0.717, 1.165) is 24.0 Å². The van der Waals surface area contributed by atoms with E-state index >= 15 is 0 Å². The molecule has 0 aliphatic carbocycles. The van der Waals surface area contributed by atoms with Crippen molar-refractivity contribution in [3.05, 3.63) is 53.9 Å². The zero-order valence-electron chi connectivity index (χ0n) is 13.0. The van der Waals surface area contributed by atoms with Crippen LogP contribution in [0.15, 0.2) is 47.6 Å². The number of rotatable bonds is 3. The Kier molecular flexibility index (Phi) is 3.62. The van der Waals surface area contributed by atoms with Crippen molar-refractivity contribution in [2.75, 3.05) is 11.9 Å². The van der Waals surface area contributed by atoms with Gasteiger partial charge in [0.05, 0.1) is 17.4 Å². The molecule has 1 amide bonds. The Balaban J connectivity index is 1.70. The molecule has 1 fully saturated rings. The number of pyridine rings is 1. The monoisotopic (exact) mass is 343 g/mol. The molecular weight excluding hydrogens is 326 g/mol. The average molecular weight is 343 g/mol. The molecule has 1 saturated heterocycles. The number of nitrogens with zero attached hydrogens (tertiary/aromatic N) is 2. The van der Waals surface area contributed by atoms with Gasteiger partial charge in [0.2, 0.25) is 15.9 Å². The molecule has 1 aromatic carbocycles. The second kappa shape index (κ2) is 5.68. The zero-order valence-corrected chi connectivity index (χ0v) is 13.8. The summed E-state index contributed by atoms with van der Waals surface area (Å²) in [5.41, 5.74) is 2.40. The van der Waals surface area contributed by atoms with Gasteiger partial charge in [-0.05, 0) is 54.3 Å². The molecule has 0 saturated carbocycles. The Morgan fingerprint density at radius 1 is 1.17 bits per heavy atom. The Hall–Kier alpha value is -2.25. The van der Waals surface area contributed by atoms with Gasteiger partial charge in [0.15, 0.2) is 0 Å². The molecule has 2 aliphatic rings. The largest absolute Gasteiger partial charge is 0.326 e. The topological polar surface area (TPSA) is 79.4 Å². The first-order valence-corrected chi connectivity index (χ1v) is 9.34. The van der Waals surface area contributed by atoms with Gasteiger partial charge in [-0.15, -0.1) is 0 Å². The van der Waals surface area contributed by atoms with Crippen LogP contribution in [0.3, 0.4) is 0 Å². The second-order valence-corrected chi connectivity index (χ2v) is 7.99. The highest BCUT2D eigenvalue weighted by molar-refractivity contribution is 7.89. The number of benzene rings is 1. The summed E-state index contributed by atoms with van der Waals surface area (Å²) in [6, 6.07) is 8.43. The van der Waals surface area contributed by atoms with Crippen LogP contribution < -0.4 is 5.32 Å². The quantitative estimate of drug-likeness (QED) is 0.926. The van der Waals surface area contributed by atoms with E-state index in [-0.39, 0.29) is 23.3 Å². The molecule has 1 N–H and O–H groups in total. The first kappa shape index (κ1) is 15.3. The molecule has 1 aromatic heterocycles. The van der Waals surface area contributed by atoms with Gasteiger partial charge in [0.1, 0.15) is 0 Å². The van der Waals surface area contributed by atoms with Crippen LogP contribution in [-0.2, 0) is 21.2 Å². The standard InChI is InChI=1S/C17H17N3O3S/c21-17-11-13-10-14(3-4-15(13)19-17)24(22,23)20-9-1-2-16(20)12-5-7-18-8-6-12/h3-8,10,16H,1-2,9,11H2,(H,19,21). The van der Waals surface area contributed by atoms with Crippen molar-refractivity contribution in [2.24, 2.45) is 0 Å². The third kappa shape index (κ3) is 2.50. The van der Waals surface area contributed by atoms with Crippen molar-refractivity contribution in [1.29, 1.82) is 0 Å². The molecule has 0 spiro atoms. The van der Waals surface area contributed by atoms with Crippen LogP contribution in [0.1, 0.15) is 30.0 Å². The molecule has 4 rings (SSSR count). The van der Waals surface area contributed by atoms with E-state index in [9.17, 15) is 13.2 Å². The summed E-state index contributed by atoms with van der Waals surface area (Å²) in [6.45, 7) is 0.504. The maximum absolute atomic E-state index is 13.1. The second-order valence-electron chi connectivity index (χ2n) is 6.10. The van der Waals surface area contributed by atoms with Gasteiger partial charge >= 0.3 is 0 Å². The SMILES string of the molecule is O=C1Cc2cc(S(=O)(=O)N3CCCC3c3ccncc3)ccc2N1. The lowest BCUT2D eigenvalue weighted by Crippen LogP contribution is -2.30. The van der Waals surface area contributed by atoms with E-state index < -0.39 is 10.0 Å². The minimum Gasteiger partial charge on any atom is -0.326 e. The normalized spacial score (nSPS) is 20.8. The predicted octanol–water partition coefficient (Wildman–Crippen LogP) is 2.10. The van der Waals surface area contributed by atoms with Gasteiger partial charge in [-0.1, -0.05) is 0 Å². The fourth-order valence-electron chi connectivity index (χ4n) is 3.45. The predicted molar refractivity (Wildman–Crippen MR) is 88.9 cm³/mol. The van der Waals surface area contributed by atoms with E-state index in [1.807, 2.05) is 12.1 Å². The van der Waals surface area contributed by atoms with Crippen LogP contribution in [0.4, 0.5) is 5.69 Å². The van der Waals surface area contributed by atoms with Crippen LogP contribution in [-0.4, -0.2) is 30.2 Å². The van der Waals surface area contributed by atoms with E-state index in [2.05, 4.69) is 10.3 Å². The first-order chi connectivity index (χ1) is 11.6. The molecule has 1 atom stereocenters. The maximum Gasteiger partial charge on any atom is 0.243 e. The van der Waals surface area contributed by atoms with Crippen LogP contribution >= 0.6 is 0 Å². The summed E-state index contributed by atoms with van der Waals surface area (Å²) in [5.74, 6) is -0.101. The van der Waals surface area contributed by atoms with Crippen molar-refractivity contribution in [3.8, 4) is 0 Å². The molecule has 124 valence electrons. The molecule has 3 heterocycles. The number of hydrogen-bond donors (Lipinski definition) is 1. The number of sulfonamides is 1. The molecular formula is C17H17N3O3S. The van der Waals surface area contributed by atoms with Gasteiger partial charge in [0.25, 0.3) is 0 Å². The lowest BCUT2D eigenvalue weighted by Gasteiger charge is -2.24. The van der Waals surface area contributed by atoms with Crippen LogP contribution in [0.25, 0.3) is 0 Å². The molecule has 0 bridgehead atoms. The number of carbonyl (C=O) groups is 1. The van der Waals surface area contributed by atoms with E-state index in [1.54, 1.807) is 34.9 Å². The Labute approximate surface area is 140 Å². The molecule has 6 nitrogen and oxygen atoms in total. The Morgan fingerprint density at radius 3 is 2.75 bits per heavy atom. The number of carbonyl (C=O) groups excluding carboxylic acids is 1. The van der Waals surface area contributed by atoms with E-state index in [4.69, 9.17) is 0 Å². The lowest BCUT2D eigenvalue weighted by molar-refractivity contribution is -0.115. The third-order valence-corrected chi connectivity index (χ3v) is 6.51. The molecule has 7 heteroatoms. The fourth-order valence-corrected chi connectivity index (χ4v) is 5.18. The van der Waals surface area contributed by atoms with Crippen molar-refractivity contribution < 1.29 is 13.2 Å². The highest BCUT2D eigenvalue weighted by Gasteiger charge is 2.36. The van der Waals surface area contributed by atoms with Crippen LogP contribution in [0.2, 0.25) is 0 Å². The maximum atomic E-state index is 13.1. The van der Waals surface area contributed by atoms with Crippen molar-refractivity contribution in [1.82, 2.24) is 9.29 Å². The average Bonchev–Trinajstić information content (AvgIpc) is 3.20. The van der Waals surface area contributed by atoms with Crippen LogP contribution in [0.5, 0.6) is 0 Å². The number of nitrogens with one attached hydrogen (secondary N) is 1. The summed E-state index contributed by atoms with van der Waals surface area (Å²) >= 11 is 0. The summed E-state index contributed by atoms with van der Waals surface area (Å²) in [6.07, 6.45) is 5.23.